The van der Waals surface area contributed by atoms with E-state index in [4.69, 9.17) is 27.9 Å². The first kappa shape index (κ1) is 20.5. The Labute approximate surface area is 186 Å². The molecule has 4 aromatic carbocycles. The summed E-state index contributed by atoms with van der Waals surface area (Å²) in [7, 11) is 0. The van der Waals surface area contributed by atoms with Gasteiger partial charge in [0.1, 0.15) is 6.61 Å². The summed E-state index contributed by atoms with van der Waals surface area (Å²) < 4.78 is 6.00. The van der Waals surface area contributed by atoms with Crippen molar-refractivity contribution >= 4 is 45.9 Å². The second-order valence-electron chi connectivity index (χ2n) is 7.27. The molecule has 0 aliphatic rings. The largest absolute Gasteiger partial charge is 0.486 e. The number of aryl methyl sites for hydroxylation is 2. The first-order valence-electron chi connectivity index (χ1n) is 9.71. The molecule has 150 valence electrons. The second kappa shape index (κ2) is 8.91. The fraction of sp³-hybridized carbons (Fsp3) is 0.115. The van der Waals surface area contributed by atoms with Crippen LogP contribution in [-0.4, -0.2) is 6.21 Å². The van der Waals surface area contributed by atoms with Gasteiger partial charge in [0, 0.05) is 6.21 Å². The topological polar surface area (TPSA) is 21.6 Å². The molecule has 0 saturated heterocycles. The van der Waals surface area contributed by atoms with Gasteiger partial charge < -0.3 is 4.74 Å². The molecule has 2 nitrogen and oxygen atoms in total. The third-order valence-corrected chi connectivity index (χ3v) is 5.69. The second-order valence-corrected chi connectivity index (χ2v) is 8.08. The highest BCUT2D eigenvalue weighted by Crippen LogP contribution is 2.35. The normalized spacial score (nSPS) is 11.3. The van der Waals surface area contributed by atoms with Gasteiger partial charge in [0.2, 0.25) is 0 Å². The van der Waals surface area contributed by atoms with E-state index in [0.717, 1.165) is 22.2 Å². The summed E-state index contributed by atoms with van der Waals surface area (Å²) in [5.41, 5.74) is 5.24. The Morgan fingerprint density at radius 3 is 2.33 bits per heavy atom. The van der Waals surface area contributed by atoms with Gasteiger partial charge in [-0.05, 0) is 71.1 Å². The lowest BCUT2D eigenvalue weighted by Gasteiger charge is -2.12. The van der Waals surface area contributed by atoms with Crippen molar-refractivity contribution in [2.45, 2.75) is 20.5 Å². The van der Waals surface area contributed by atoms with E-state index in [1.54, 1.807) is 6.21 Å². The average Bonchev–Trinajstić information content (AvgIpc) is 2.74. The Morgan fingerprint density at radius 2 is 1.57 bits per heavy atom. The monoisotopic (exact) mass is 433 g/mol. The van der Waals surface area contributed by atoms with Crippen LogP contribution in [0.1, 0.15) is 22.3 Å². The molecule has 0 atom stereocenters. The van der Waals surface area contributed by atoms with Crippen LogP contribution in [-0.2, 0) is 6.61 Å². The maximum Gasteiger partial charge on any atom is 0.157 e. The number of fused-ring (bicyclic) bond motifs is 1. The van der Waals surface area contributed by atoms with Gasteiger partial charge in [-0.3, -0.25) is 4.99 Å². The Morgan fingerprint density at radius 1 is 0.833 bits per heavy atom. The molecule has 0 saturated carbocycles. The number of ether oxygens (including phenoxy) is 1. The maximum atomic E-state index is 6.48. The van der Waals surface area contributed by atoms with Crippen LogP contribution in [0.3, 0.4) is 0 Å². The van der Waals surface area contributed by atoms with Gasteiger partial charge in [-0.25, -0.2) is 0 Å². The fourth-order valence-electron chi connectivity index (χ4n) is 3.32. The number of benzene rings is 4. The number of aliphatic imine (C=N–C) groups is 1. The van der Waals surface area contributed by atoms with E-state index in [-0.39, 0.29) is 0 Å². The quantitative estimate of drug-likeness (QED) is 0.291. The molecule has 0 amide bonds. The van der Waals surface area contributed by atoms with Crippen LogP contribution >= 0.6 is 23.2 Å². The molecule has 4 heteroatoms. The predicted molar refractivity (Wildman–Crippen MR) is 128 cm³/mol. The van der Waals surface area contributed by atoms with Gasteiger partial charge >= 0.3 is 0 Å². The molecular formula is C26H21Cl2NO. The minimum absolute atomic E-state index is 0.386. The number of hydrogen-bond donors (Lipinski definition) is 0. The van der Waals surface area contributed by atoms with Crippen LogP contribution in [0.25, 0.3) is 10.8 Å². The number of nitrogens with zero attached hydrogens (tertiary/aromatic N) is 1. The van der Waals surface area contributed by atoms with Crippen LogP contribution in [0.5, 0.6) is 5.75 Å². The summed E-state index contributed by atoms with van der Waals surface area (Å²) in [6, 6.07) is 24.1. The number of hydrogen-bond acceptors (Lipinski definition) is 2. The minimum atomic E-state index is 0.386. The molecule has 0 N–H and O–H groups in total. The highest BCUT2D eigenvalue weighted by Gasteiger charge is 2.11. The molecule has 0 bridgehead atoms. The Balaban J connectivity index is 1.54. The lowest BCUT2D eigenvalue weighted by Crippen LogP contribution is -1.98. The van der Waals surface area contributed by atoms with Crippen molar-refractivity contribution in [1.82, 2.24) is 0 Å². The van der Waals surface area contributed by atoms with Crippen molar-refractivity contribution in [1.29, 1.82) is 0 Å². The van der Waals surface area contributed by atoms with Gasteiger partial charge in [-0.2, -0.15) is 0 Å². The highest BCUT2D eigenvalue weighted by atomic mass is 35.5. The summed E-state index contributed by atoms with van der Waals surface area (Å²) >= 11 is 13.0. The Kier molecular flexibility index (Phi) is 6.08. The van der Waals surface area contributed by atoms with Crippen molar-refractivity contribution < 1.29 is 4.74 Å². The summed E-state index contributed by atoms with van der Waals surface area (Å²) in [5.74, 6) is 0.481. The van der Waals surface area contributed by atoms with Crippen molar-refractivity contribution in [2.75, 3.05) is 0 Å². The van der Waals surface area contributed by atoms with Crippen molar-refractivity contribution in [3.05, 3.63) is 105 Å². The van der Waals surface area contributed by atoms with Crippen LogP contribution in [0.4, 0.5) is 5.69 Å². The molecule has 0 unspecified atom stereocenters. The summed E-state index contributed by atoms with van der Waals surface area (Å²) in [6.45, 7) is 4.54. The van der Waals surface area contributed by atoms with E-state index >= 15 is 0 Å². The maximum absolute atomic E-state index is 6.48. The molecule has 4 aromatic rings. The van der Waals surface area contributed by atoms with Crippen LogP contribution in [0.15, 0.2) is 77.8 Å². The van der Waals surface area contributed by atoms with Crippen LogP contribution in [0, 0.1) is 13.8 Å². The van der Waals surface area contributed by atoms with E-state index < -0.39 is 0 Å². The molecule has 4 rings (SSSR count). The molecule has 0 aromatic heterocycles. The van der Waals surface area contributed by atoms with Crippen LogP contribution < -0.4 is 4.74 Å². The van der Waals surface area contributed by atoms with E-state index in [2.05, 4.69) is 55.2 Å². The van der Waals surface area contributed by atoms with Gasteiger partial charge in [0.15, 0.2) is 5.75 Å². The molecule has 30 heavy (non-hydrogen) atoms. The molecule has 0 heterocycles. The fourth-order valence-corrected chi connectivity index (χ4v) is 3.93. The zero-order valence-corrected chi connectivity index (χ0v) is 18.3. The first-order chi connectivity index (χ1) is 14.5. The standard InChI is InChI=1S/C26H21Cl2NO/c1-17-10-11-22(12-18(17)2)29-15-19-13-24(27)26(25(28)14-19)30-16-21-8-5-7-20-6-3-4-9-23(20)21/h3-15H,16H2,1-2H3. The van der Waals surface area contributed by atoms with Gasteiger partial charge in [0.25, 0.3) is 0 Å². The van der Waals surface area contributed by atoms with Crippen molar-refractivity contribution in [3.8, 4) is 5.75 Å². The molecule has 0 spiro atoms. The van der Waals surface area contributed by atoms with Crippen molar-refractivity contribution in [2.24, 2.45) is 4.99 Å². The van der Waals surface area contributed by atoms with Gasteiger partial charge in [-0.1, -0.05) is 71.7 Å². The highest BCUT2D eigenvalue weighted by molar-refractivity contribution is 6.37. The molecular weight excluding hydrogens is 413 g/mol. The summed E-state index contributed by atoms with van der Waals surface area (Å²) in [5, 5.41) is 3.26. The Bertz CT molecular complexity index is 1220. The van der Waals surface area contributed by atoms with E-state index in [1.807, 2.05) is 36.4 Å². The molecule has 0 fully saturated rings. The third-order valence-electron chi connectivity index (χ3n) is 5.13. The van der Waals surface area contributed by atoms with Crippen LogP contribution in [0.2, 0.25) is 10.0 Å². The molecule has 0 aliphatic heterocycles. The minimum Gasteiger partial charge on any atom is -0.486 e. The zero-order chi connectivity index (χ0) is 21.1. The van der Waals surface area contributed by atoms with E-state index in [0.29, 0.717) is 22.4 Å². The number of rotatable bonds is 5. The van der Waals surface area contributed by atoms with Crippen molar-refractivity contribution in [3.63, 3.8) is 0 Å². The molecule has 0 aliphatic carbocycles. The smallest absolute Gasteiger partial charge is 0.157 e. The summed E-state index contributed by atoms with van der Waals surface area (Å²) in [4.78, 5) is 4.53. The zero-order valence-electron chi connectivity index (χ0n) is 16.8. The third kappa shape index (κ3) is 4.51. The molecule has 0 radical (unpaired) electrons. The summed E-state index contributed by atoms with van der Waals surface area (Å²) in [6.07, 6.45) is 1.76. The lowest BCUT2D eigenvalue weighted by atomic mass is 10.1. The Hall–Kier alpha value is -2.81. The SMILES string of the molecule is Cc1ccc(N=Cc2cc(Cl)c(OCc3cccc4ccccc34)c(Cl)c2)cc1C. The van der Waals surface area contributed by atoms with E-state index in [1.165, 1.54) is 16.5 Å². The first-order valence-corrected chi connectivity index (χ1v) is 10.5. The van der Waals surface area contributed by atoms with E-state index in [9.17, 15) is 0 Å². The lowest BCUT2D eigenvalue weighted by molar-refractivity contribution is 0.308. The predicted octanol–water partition coefficient (Wildman–Crippen LogP) is 8.09. The number of halogens is 2. The van der Waals surface area contributed by atoms with Gasteiger partial charge in [0.05, 0.1) is 15.7 Å². The average molecular weight is 434 g/mol. The van der Waals surface area contributed by atoms with Gasteiger partial charge in [-0.15, -0.1) is 0 Å².